The van der Waals surface area contributed by atoms with E-state index in [1.165, 1.54) is 19.3 Å². The summed E-state index contributed by atoms with van der Waals surface area (Å²) in [4.78, 5) is 0. The number of ether oxygens (including phenoxy) is 1. The first-order chi connectivity index (χ1) is 7.40. The summed E-state index contributed by atoms with van der Waals surface area (Å²) in [5.74, 6) is 0.913. The molecule has 2 heteroatoms. The van der Waals surface area contributed by atoms with Crippen LogP contribution in [0.1, 0.15) is 19.3 Å². The van der Waals surface area contributed by atoms with E-state index < -0.39 is 0 Å². The zero-order valence-electron chi connectivity index (χ0n) is 9.07. The Kier molecular flexibility index (Phi) is 3.28. The second-order valence-electron chi connectivity index (χ2n) is 3.81. The van der Waals surface area contributed by atoms with Gasteiger partial charge in [-0.1, -0.05) is 24.3 Å². The highest BCUT2D eigenvalue weighted by molar-refractivity contribution is 5.57. The van der Waals surface area contributed by atoms with Gasteiger partial charge in [0, 0.05) is 6.04 Å². The summed E-state index contributed by atoms with van der Waals surface area (Å²) < 4.78 is 5.30. The van der Waals surface area contributed by atoms with Crippen molar-refractivity contribution < 1.29 is 4.74 Å². The van der Waals surface area contributed by atoms with Crippen molar-refractivity contribution in [3.8, 4) is 5.75 Å². The van der Waals surface area contributed by atoms with Crippen LogP contribution in [0.15, 0.2) is 36.4 Å². The fraction of sp³-hybridized carbons (Fsp3) is 0.385. The molecule has 1 aliphatic carbocycles. The lowest BCUT2D eigenvalue weighted by Gasteiger charge is -2.20. The van der Waals surface area contributed by atoms with Crippen LogP contribution < -0.4 is 10.1 Å². The Balaban J connectivity index is 2.09. The predicted octanol–water partition coefficient (Wildman–Crippen LogP) is 3.22. The third kappa shape index (κ3) is 2.52. The van der Waals surface area contributed by atoms with E-state index in [0.717, 1.165) is 11.4 Å². The Morgan fingerprint density at radius 1 is 1.33 bits per heavy atom. The van der Waals surface area contributed by atoms with Crippen LogP contribution in [-0.2, 0) is 0 Å². The molecular weight excluding hydrogens is 186 g/mol. The van der Waals surface area contributed by atoms with E-state index >= 15 is 0 Å². The molecule has 0 amide bonds. The highest BCUT2D eigenvalue weighted by atomic mass is 16.5. The normalized spacial score (nSPS) is 19.9. The molecule has 0 heterocycles. The van der Waals surface area contributed by atoms with Gasteiger partial charge in [0.15, 0.2) is 0 Å². The van der Waals surface area contributed by atoms with Gasteiger partial charge in [-0.15, -0.1) is 0 Å². The largest absolute Gasteiger partial charge is 0.495 e. The molecule has 1 aromatic rings. The molecule has 1 aromatic carbocycles. The lowest BCUT2D eigenvalue weighted by Crippen LogP contribution is -2.18. The van der Waals surface area contributed by atoms with Gasteiger partial charge >= 0.3 is 0 Å². The van der Waals surface area contributed by atoms with Gasteiger partial charge in [0.1, 0.15) is 5.75 Å². The van der Waals surface area contributed by atoms with Gasteiger partial charge < -0.3 is 10.1 Å². The highest BCUT2D eigenvalue weighted by Gasteiger charge is 2.09. The average molecular weight is 203 g/mol. The van der Waals surface area contributed by atoms with Crippen LogP contribution in [0.2, 0.25) is 0 Å². The van der Waals surface area contributed by atoms with Gasteiger partial charge in [-0.3, -0.25) is 0 Å². The second-order valence-corrected chi connectivity index (χ2v) is 3.81. The van der Waals surface area contributed by atoms with Gasteiger partial charge in [-0.2, -0.15) is 0 Å². The Morgan fingerprint density at radius 3 is 2.93 bits per heavy atom. The summed E-state index contributed by atoms with van der Waals surface area (Å²) in [7, 11) is 1.71. The molecule has 0 aliphatic heterocycles. The number of para-hydroxylation sites is 2. The van der Waals surface area contributed by atoms with Crippen molar-refractivity contribution in [1.29, 1.82) is 0 Å². The summed E-state index contributed by atoms with van der Waals surface area (Å²) >= 11 is 0. The van der Waals surface area contributed by atoms with Crippen LogP contribution in [0.25, 0.3) is 0 Å². The van der Waals surface area contributed by atoms with E-state index in [2.05, 4.69) is 23.5 Å². The quantitative estimate of drug-likeness (QED) is 0.762. The maximum atomic E-state index is 5.30. The third-order valence-electron chi connectivity index (χ3n) is 2.70. The maximum absolute atomic E-state index is 5.30. The van der Waals surface area contributed by atoms with Gasteiger partial charge in [-0.25, -0.2) is 0 Å². The molecule has 0 spiro atoms. The summed E-state index contributed by atoms with van der Waals surface area (Å²) in [6.07, 6.45) is 8.18. The number of allylic oxidation sites excluding steroid dienone is 1. The smallest absolute Gasteiger partial charge is 0.141 e. The monoisotopic (exact) mass is 203 g/mol. The molecule has 2 rings (SSSR count). The lowest BCUT2D eigenvalue weighted by atomic mass is 10.0. The van der Waals surface area contributed by atoms with Crippen molar-refractivity contribution in [2.24, 2.45) is 0 Å². The van der Waals surface area contributed by atoms with Crippen molar-refractivity contribution in [2.45, 2.75) is 25.3 Å². The third-order valence-corrected chi connectivity index (χ3v) is 2.70. The summed E-state index contributed by atoms with van der Waals surface area (Å²) in [5.41, 5.74) is 1.08. The zero-order valence-corrected chi connectivity index (χ0v) is 9.07. The van der Waals surface area contributed by atoms with E-state index in [1.807, 2.05) is 18.2 Å². The van der Waals surface area contributed by atoms with E-state index in [-0.39, 0.29) is 0 Å². The molecule has 80 valence electrons. The number of hydrogen-bond donors (Lipinski definition) is 1. The summed E-state index contributed by atoms with van der Waals surface area (Å²) in [6, 6.07) is 8.50. The van der Waals surface area contributed by atoms with Gasteiger partial charge in [0.05, 0.1) is 12.8 Å². The van der Waals surface area contributed by atoms with Gasteiger partial charge in [-0.05, 0) is 31.4 Å². The number of benzene rings is 1. The SMILES string of the molecule is COc1ccccc1NC1C=CCCC1. The number of nitrogens with one attached hydrogen (secondary N) is 1. The minimum atomic E-state index is 0.454. The molecule has 0 saturated heterocycles. The molecule has 0 radical (unpaired) electrons. The van der Waals surface area contributed by atoms with Crippen LogP contribution >= 0.6 is 0 Å². The van der Waals surface area contributed by atoms with Crippen molar-refractivity contribution in [2.75, 3.05) is 12.4 Å². The number of anilines is 1. The molecular formula is C13H17NO. The van der Waals surface area contributed by atoms with Crippen molar-refractivity contribution in [3.63, 3.8) is 0 Å². The first-order valence-electron chi connectivity index (χ1n) is 5.46. The molecule has 0 fully saturated rings. The molecule has 0 aromatic heterocycles. The predicted molar refractivity (Wildman–Crippen MR) is 63.4 cm³/mol. The second kappa shape index (κ2) is 4.87. The highest BCUT2D eigenvalue weighted by Crippen LogP contribution is 2.25. The fourth-order valence-corrected chi connectivity index (χ4v) is 1.90. The standard InChI is InChI=1S/C13H17NO/c1-15-13-10-6-5-9-12(13)14-11-7-3-2-4-8-11/h3,5-7,9-11,14H,2,4,8H2,1H3. The van der Waals surface area contributed by atoms with Crippen molar-refractivity contribution in [1.82, 2.24) is 0 Å². The lowest BCUT2D eigenvalue weighted by molar-refractivity contribution is 0.416. The van der Waals surface area contributed by atoms with Crippen LogP contribution in [0.4, 0.5) is 5.69 Å². The first kappa shape index (κ1) is 10.1. The van der Waals surface area contributed by atoms with Gasteiger partial charge in [0.2, 0.25) is 0 Å². The Bertz CT molecular complexity index is 346. The molecule has 2 nitrogen and oxygen atoms in total. The van der Waals surface area contributed by atoms with Crippen molar-refractivity contribution in [3.05, 3.63) is 36.4 Å². The molecule has 0 bridgehead atoms. The first-order valence-corrected chi connectivity index (χ1v) is 5.46. The molecule has 1 atom stereocenters. The summed E-state index contributed by atoms with van der Waals surface area (Å²) in [6.45, 7) is 0. The van der Waals surface area contributed by atoms with E-state index in [9.17, 15) is 0 Å². The maximum Gasteiger partial charge on any atom is 0.141 e. The molecule has 0 saturated carbocycles. The fourth-order valence-electron chi connectivity index (χ4n) is 1.90. The van der Waals surface area contributed by atoms with Crippen LogP contribution in [0.3, 0.4) is 0 Å². The topological polar surface area (TPSA) is 21.3 Å². The zero-order chi connectivity index (χ0) is 10.5. The van der Waals surface area contributed by atoms with Gasteiger partial charge in [0.25, 0.3) is 0 Å². The molecule has 1 aliphatic rings. The Hall–Kier alpha value is -1.44. The van der Waals surface area contributed by atoms with Crippen LogP contribution in [0.5, 0.6) is 5.75 Å². The molecule has 1 unspecified atom stereocenters. The average Bonchev–Trinajstić information content (AvgIpc) is 2.31. The minimum Gasteiger partial charge on any atom is -0.495 e. The van der Waals surface area contributed by atoms with Crippen LogP contribution in [0, 0.1) is 0 Å². The Morgan fingerprint density at radius 2 is 2.20 bits per heavy atom. The van der Waals surface area contributed by atoms with Crippen molar-refractivity contribution >= 4 is 5.69 Å². The van der Waals surface area contributed by atoms with E-state index in [4.69, 9.17) is 4.74 Å². The number of rotatable bonds is 3. The molecule has 15 heavy (non-hydrogen) atoms. The number of methoxy groups -OCH3 is 1. The van der Waals surface area contributed by atoms with E-state index in [1.54, 1.807) is 7.11 Å². The molecule has 1 N–H and O–H groups in total. The minimum absolute atomic E-state index is 0.454. The number of hydrogen-bond acceptors (Lipinski definition) is 2. The Labute approximate surface area is 91.0 Å². The van der Waals surface area contributed by atoms with E-state index in [0.29, 0.717) is 6.04 Å². The van der Waals surface area contributed by atoms with Crippen LogP contribution in [-0.4, -0.2) is 13.2 Å². The summed E-state index contributed by atoms with van der Waals surface area (Å²) in [5, 5.41) is 3.49.